The Hall–Kier alpha value is -2.89. The summed E-state index contributed by atoms with van der Waals surface area (Å²) in [6, 6.07) is 5.20. The Balaban J connectivity index is 2.17. The molecule has 3 rings (SSSR count). The van der Waals surface area contributed by atoms with Gasteiger partial charge in [0, 0.05) is 11.8 Å². The Morgan fingerprint density at radius 1 is 1.25 bits per heavy atom. The van der Waals surface area contributed by atoms with Gasteiger partial charge in [0.05, 0.1) is 35.4 Å². The summed E-state index contributed by atoms with van der Waals surface area (Å²) in [6.07, 6.45) is 3.44. The molecule has 20 heavy (non-hydrogen) atoms. The number of amides is 1. The molecule has 0 unspecified atom stereocenters. The highest BCUT2D eigenvalue weighted by Crippen LogP contribution is 2.40. The fraction of sp³-hybridized carbons (Fsp3) is 0.0714. The van der Waals surface area contributed by atoms with Crippen molar-refractivity contribution in [2.24, 2.45) is 0 Å². The molecule has 6 heteroatoms. The van der Waals surface area contributed by atoms with Crippen molar-refractivity contribution in [3.8, 4) is 5.75 Å². The molecule has 1 amide bonds. The van der Waals surface area contributed by atoms with Crippen LogP contribution < -0.4 is 21.5 Å². The molecule has 6 nitrogen and oxygen atoms in total. The quantitative estimate of drug-likeness (QED) is 0.492. The first-order valence-electron chi connectivity index (χ1n) is 6.04. The highest BCUT2D eigenvalue weighted by atomic mass is 16.5. The number of hydrogen-bond donors (Lipinski definition) is 4. The molecule has 0 aliphatic carbocycles. The minimum atomic E-state index is -0.214. The van der Waals surface area contributed by atoms with E-state index < -0.39 is 0 Å². The Morgan fingerprint density at radius 2 is 2.05 bits per heavy atom. The van der Waals surface area contributed by atoms with Gasteiger partial charge in [0.25, 0.3) is 5.91 Å². The molecule has 1 aromatic heterocycles. The number of rotatable bonds is 2. The van der Waals surface area contributed by atoms with E-state index >= 15 is 0 Å². The van der Waals surface area contributed by atoms with Gasteiger partial charge in [-0.3, -0.25) is 4.79 Å². The second-order valence-corrected chi connectivity index (χ2v) is 4.46. The van der Waals surface area contributed by atoms with Gasteiger partial charge < -0.3 is 26.5 Å². The van der Waals surface area contributed by atoms with Crippen molar-refractivity contribution in [3.05, 3.63) is 35.7 Å². The minimum absolute atomic E-state index is 0.214. The van der Waals surface area contributed by atoms with E-state index in [1.54, 1.807) is 37.6 Å². The number of hydrogen-bond acceptors (Lipinski definition) is 4. The van der Waals surface area contributed by atoms with Crippen LogP contribution in [0.15, 0.2) is 24.4 Å². The van der Waals surface area contributed by atoms with Crippen LogP contribution in [0, 0.1) is 0 Å². The van der Waals surface area contributed by atoms with Crippen LogP contribution in [0.3, 0.4) is 0 Å². The maximum Gasteiger partial charge on any atom is 0.256 e. The molecule has 6 N–H and O–H groups in total. The predicted molar refractivity (Wildman–Crippen MR) is 79.1 cm³/mol. The fourth-order valence-corrected chi connectivity index (χ4v) is 2.27. The van der Waals surface area contributed by atoms with E-state index in [0.29, 0.717) is 39.6 Å². The molecule has 2 aromatic rings. The Kier molecular flexibility index (Phi) is 2.64. The van der Waals surface area contributed by atoms with Gasteiger partial charge in [0.2, 0.25) is 0 Å². The van der Waals surface area contributed by atoms with E-state index in [4.69, 9.17) is 16.2 Å². The van der Waals surface area contributed by atoms with E-state index in [2.05, 4.69) is 10.3 Å². The van der Waals surface area contributed by atoms with Crippen LogP contribution in [0.5, 0.6) is 5.75 Å². The third-order valence-electron chi connectivity index (χ3n) is 3.29. The number of carbonyl (C=O) groups is 1. The van der Waals surface area contributed by atoms with Crippen LogP contribution in [-0.2, 0) is 4.79 Å². The molecule has 0 atom stereocenters. The lowest BCUT2D eigenvalue weighted by Crippen LogP contribution is -2.03. The normalized spacial score (nSPS) is 15.2. The summed E-state index contributed by atoms with van der Waals surface area (Å²) in [5, 5.41) is 2.77. The highest BCUT2D eigenvalue weighted by Gasteiger charge is 2.27. The van der Waals surface area contributed by atoms with Crippen molar-refractivity contribution < 1.29 is 9.53 Å². The van der Waals surface area contributed by atoms with Crippen molar-refractivity contribution >= 4 is 34.6 Å². The van der Waals surface area contributed by atoms with E-state index in [1.165, 1.54) is 0 Å². The smallest absolute Gasteiger partial charge is 0.256 e. The van der Waals surface area contributed by atoms with Crippen LogP contribution in [-0.4, -0.2) is 18.0 Å². The lowest BCUT2D eigenvalue weighted by molar-refractivity contribution is -0.110. The predicted octanol–water partition coefficient (Wildman–Crippen LogP) is 1.68. The number of H-pyrrole nitrogens is 1. The summed E-state index contributed by atoms with van der Waals surface area (Å²) in [6.45, 7) is 0. The number of nitrogens with one attached hydrogen (secondary N) is 2. The number of fused-ring (bicyclic) bond motifs is 1. The molecule has 0 fully saturated rings. The second kappa shape index (κ2) is 4.34. The average molecular weight is 270 g/mol. The summed E-state index contributed by atoms with van der Waals surface area (Å²) in [5.74, 6) is 0.440. The molecule has 0 bridgehead atoms. The van der Waals surface area contributed by atoms with E-state index in [0.717, 1.165) is 0 Å². The van der Waals surface area contributed by atoms with Gasteiger partial charge >= 0.3 is 0 Å². The number of ether oxygens (including phenoxy) is 1. The number of carbonyl (C=O) groups excluding carboxylic acids is 1. The molecule has 1 aliphatic heterocycles. The van der Waals surface area contributed by atoms with Gasteiger partial charge in [-0.15, -0.1) is 0 Å². The largest absolute Gasteiger partial charge is 0.495 e. The summed E-state index contributed by atoms with van der Waals surface area (Å²) >= 11 is 0. The lowest BCUT2D eigenvalue weighted by atomic mass is 10.0. The maximum atomic E-state index is 12.1. The van der Waals surface area contributed by atoms with Crippen molar-refractivity contribution in [2.45, 2.75) is 0 Å². The standard InChI is InChI=1S/C14H14N4O2/c1-20-11-4-5-17-10(11)6-7-12-9(18-14(7)19)3-2-8(15)13(12)16/h2-6,17H,15-16H2,1H3,(H,18,19)/b7-6-. The first-order valence-corrected chi connectivity index (χ1v) is 6.04. The minimum Gasteiger partial charge on any atom is -0.495 e. The molecule has 0 saturated carbocycles. The third-order valence-corrected chi connectivity index (χ3v) is 3.29. The topological polar surface area (TPSA) is 106 Å². The highest BCUT2D eigenvalue weighted by molar-refractivity contribution is 6.36. The number of anilines is 3. The van der Waals surface area contributed by atoms with Crippen molar-refractivity contribution in [2.75, 3.05) is 23.9 Å². The van der Waals surface area contributed by atoms with Crippen LogP contribution >= 0.6 is 0 Å². The van der Waals surface area contributed by atoms with Gasteiger partial charge in [0.1, 0.15) is 5.75 Å². The van der Waals surface area contributed by atoms with Gasteiger partial charge in [0.15, 0.2) is 0 Å². The molecule has 1 aromatic carbocycles. The number of benzene rings is 1. The van der Waals surface area contributed by atoms with Crippen LogP contribution in [0.2, 0.25) is 0 Å². The lowest BCUT2D eigenvalue weighted by Gasteiger charge is -2.06. The van der Waals surface area contributed by atoms with Gasteiger partial charge in [-0.2, -0.15) is 0 Å². The van der Waals surface area contributed by atoms with Crippen molar-refractivity contribution in [1.82, 2.24) is 4.98 Å². The first-order chi connectivity index (χ1) is 9.61. The Labute approximate surface area is 115 Å². The summed E-state index contributed by atoms with van der Waals surface area (Å²) < 4.78 is 5.21. The third kappa shape index (κ3) is 1.70. The van der Waals surface area contributed by atoms with E-state index in [-0.39, 0.29) is 5.91 Å². The molecular weight excluding hydrogens is 256 g/mol. The zero-order valence-corrected chi connectivity index (χ0v) is 10.9. The first kappa shape index (κ1) is 12.2. The summed E-state index contributed by atoms with van der Waals surface area (Å²) in [5.41, 5.74) is 15.1. The molecular formula is C14H14N4O2. The summed E-state index contributed by atoms with van der Waals surface area (Å²) in [7, 11) is 1.57. The number of nitrogens with two attached hydrogens (primary N) is 2. The zero-order chi connectivity index (χ0) is 14.3. The van der Waals surface area contributed by atoms with Crippen LogP contribution in [0.1, 0.15) is 11.3 Å². The molecule has 0 spiro atoms. The molecule has 102 valence electrons. The van der Waals surface area contributed by atoms with Crippen molar-refractivity contribution in [1.29, 1.82) is 0 Å². The molecule has 2 heterocycles. The van der Waals surface area contributed by atoms with Crippen LogP contribution in [0.4, 0.5) is 17.1 Å². The molecule has 0 radical (unpaired) electrons. The van der Waals surface area contributed by atoms with Gasteiger partial charge in [-0.05, 0) is 24.3 Å². The fourth-order valence-electron chi connectivity index (χ4n) is 2.27. The zero-order valence-electron chi connectivity index (χ0n) is 10.9. The van der Waals surface area contributed by atoms with Crippen LogP contribution in [0.25, 0.3) is 11.6 Å². The van der Waals surface area contributed by atoms with E-state index in [9.17, 15) is 4.79 Å². The number of nitrogen functional groups attached to an aromatic ring is 2. The maximum absolute atomic E-state index is 12.1. The van der Waals surface area contributed by atoms with Gasteiger partial charge in [-0.25, -0.2) is 0 Å². The average Bonchev–Trinajstić information content (AvgIpc) is 3.00. The number of aromatic amines is 1. The van der Waals surface area contributed by atoms with Gasteiger partial charge in [-0.1, -0.05) is 0 Å². The Morgan fingerprint density at radius 3 is 2.80 bits per heavy atom. The number of aromatic nitrogens is 1. The van der Waals surface area contributed by atoms with E-state index in [1.807, 2.05) is 0 Å². The van der Waals surface area contributed by atoms with Crippen molar-refractivity contribution in [3.63, 3.8) is 0 Å². The second-order valence-electron chi connectivity index (χ2n) is 4.46. The Bertz CT molecular complexity index is 731. The monoisotopic (exact) mass is 270 g/mol. The molecule has 0 saturated heterocycles. The SMILES string of the molecule is COc1cc[nH]c1/C=C1\C(=O)Nc2ccc(N)c(N)c21. The molecule has 1 aliphatic rings. The summed E-state index contributed by atoms with van der Waals surface area (Å²) in [4.78, 5) is 15.1. The number of methoxy groups -OCH3 is 1.